The topological polar surface area (TPSA) is 115 Å². The number of aliphatic hydroxyl groups excluding tert-OH is 1. The van der Waals surface area contributed by atoms with E-state index in [0.29, 0.717) is 11.1 Å². The molecule has 100 valence electrons. The Hall–Kier alpha value is -2.41. The van der Waals surface area contributed by atoms with E-state index in [1.165, 1.54) is 0 Å². The number of carboxylic acids is 1. The lowest BCUT2D eigenvalue weighted by Crippen LogP contribution is -2.41. The number of aromatic amines is 1. The average molecular weight is 263 g/mol. The third-order valence-electron chi connectivity index (χ3n) is 2.73. The van der Waals surface area contributed by atoms with Crippen LogP contribution in [0.1, 0.15) is 16.8 Å². The number of carboxylic acid groups (broad SMARTS) is 1. The Morgan fingerprint density at radius 3 is 2.89 bits per heavy atom. The minimum absolute atomic E-state index is 0.0344. The molecule has 0 spiro atoms. The number of amides is 1. The van der Waals surface area contributed by atoms with Crippen LogP contribution in [-0.4, -0.2) is 44.9 Å². The van der Waals surface area contributed by atoms with Crippen LogP contribution >= 0.6 is 0 Å². The van der Waals surface area contributed by atoms with Gasteiger partial charge in [0.2, 0.25) is 0 Å². The maximum atomic E-state index is 11.9. The zero-order valence-electron chi connectivity index (χ0n) is 9.96. The van der Waals surface area contributed by atoms with Gasteiger partial charge >= 0.3 is 5.97 Å². The van der Waals surface area contributed by atoms with E-state index in [0.717, 1.165) is 5.39 Å². The van der Waals surface area contributed by atoms with Gasteiger partial charge in [-0.3, -0.25) is 9.89 Å². The lowest BCUT2D eigenvalue weighted by molar-refractivity contribution is -0.139. The zero-order chi connectivity index (χ0) is 13.8. The molecule has 2 rings (SSSR count). The number of hydrogen-bond donors (Lipinski definition) is 4. The molecule has 1 aromatic heterocycles. The fraction of sp³-hybridized carbons (Fsp3) is 0.250. The number of rotatable bonds is 5. The molecule has 7 heteroatoms. The molecule has 1 heterocycles. The Balaban J connectivity index is 2.16. The number of aliphatic carboxylic acids is 1. The highest BCUT2D eigenvalue weighted by molar-refractivity contribution is 5.99. The van der Waals surface area contributed by atoms with E-state index in [9.17, 15) is 9.59 Å². The quantitative estimate of drug-likeness (QED) is 0.612. The monoisotopic (exact) mass is 263 g/mol. The van der Waals surface area contributed by atoms with Gasteiger partial charge in [0.15, 0.2) is 0 Å². The predicted octanol–water partition coefficient (Wildman–Crippen LogP) is 0.128. The Kier molecular flexibility index (Phi) is 3.76. The van der Waals surface area contributed by atoms with Crippen molar-refractivity contribution in [1.29, 1.82) is 0 Å². The molecule has 0 aliphatic carbocycles. The number of hydrogen-bond acceptors (Lipinski definition) is 4. The normalized spacial score (nSPS) is 12.3. The number of aromatic nitrogens is 2. The first kappa shape index (κ1) is 13.0. The van der Waals surface area contributed by atoms with Crippen molar-refractivity contribution in [3.8, 4) is 0 Å². The minimum Gasteiger partial charge on any atom is -0.480 e. The number of nitrogens with one attached hydrogen (secondary N) is 2. The summed E-state index contributed by atoms with van der Waals surface area (Å²) in [6.07, 6.45) is 1.59. The van der Waals surface area contributed by atoms with Crippen LogP contribution < -0.4 is 5.32 Å². The number of H-pyrrole nitrogens is 1. The van der Waals surface area contributed by atoms with Crippen molar-refractivity contribution in [2.75, 3.05) is 6.61 Å². The smallest absolute Gasteiger partial charge is 0.326 e. The second-order valence-electron chi connectivity index (χ2n) is 4.05. The van der Waals surface area contributed by atoms with E-state index in [2.05, 4.69) is 15.5 Å². The van der Waals surface area contributed by atoms with Gasteiger partial charge in [-0.05, 0) is 12.1 Å². The second-order valence-corrected chi connectivity index (χ2v) is 4.05. The van der Waals surface area contributed by atoms with Crippen LogP contribution in [0.2, 0.25) is 0 Å². The highest BCUT2D eigenvalue weighted by atomic mass is 16.4. The number of carbonyl (C=O) groups is 2. The van der Waals surface area contributed by atoms with Crippen LogP contribution in [0, 0.1) is 0 Å². The van der Waals surface area contributed by atoms with Crippen molar-refractivity contribution in [3.63, 3.8) is 0 Å². The molecule has 1 aromatic carbocycles. The summed E-state index contributed by atoms with van der Waals surface area (Å²) in [5.41, 5.74) is 1.03. The fourth-order valence-corrected chi connectivity index (χ4v) is 1.71. The summed E-state index contributed by atoms with van der Waals surface area (Å²) >= 11 is 0. The average Bonchev–Trinajstić information content (AvgIpc) is 2.85. The molecule has 0 radical (unpaired) electrons. The largest absolute Gasteiger partial charge is 0.480 e. The summed E-state index contributed by atoms with van der Waals surface area (Å²) in [5, 5.41) is 27.4. The van der Waals surface area contributed by atoms with Crippen LogP contribution in [0.5, 0.6) is 0 Å². The van der Waals surface area contributed by atoms with Gasteiger partial charge in [-0.2, -0.15) is 5.10 Å². The summed E-state index contributed by atoms with van der Waals surface area (Å²) in [4.78, 5) is 22.8. The van der Waals surface area contributed by atoms with Crippen molar-refractivity contribution in [2.24, 2.45) is 0 Å². The van der Waals surface area contributed by atoms with Gasteiger partial charge in [0, 0.05) is 24.0 Å². The molecule has 19 heavy (non-hydrogen) atoms. The van der Waals surface area contributed by atoms with Gasteiger partial charge in [-0.1, -0.05) is 6.07 Å². The lowest BCUT2D eigenvalue weighted by Gasteiger charge is -2.13. The van der Waals surface area contributed by atoms with Crippen LogP contribution in [-0.2, 0) is 4.79 Å². The number of nitrogens with zero attached hydrogens (tertiary/aromatic N) is 1. The molecule has 1 amide bonds. The predicted molar refractivity (Wildman–Crippen MR) is 66.7 cm³/mol. The number of carbonyl (C=O) groups excluding carboxylic acids is 1. The molecule has 0 aliphatic rings. The Morgan fingerprint density at radius 1 is 1.42 bits per heavy atom. The molecule has 2 aromatic rings. The highest BCUT2D eigenvalue weighted by Crippen LogP contribution is 2.12. The van der Waals surface area contributed by atoms with E-state index < -0.39 is 17.9 Å². The lowest BCUT2D eigenvalue weighted by atomic mass is 10.1. The minimum atomic E-state index is -1.18. The summed E-state index contributed by atoms with van der Waals surface area (Å²) in [6, 6.07) is 3.80. The molecule has 0 aliphatic heterocycles. The first-order valence-corrected chi connectivity index (χ1v) is 5.69. The van der Waals surface area contributed by atoms with Crippen molar-refractivity contribution < 1.29 is 19.8 Å². The molecule has 1 atom stereocenters. The fourth-order valence-electron chi connectivity index (χ4n) is 1.71. The molecule has 4 N–H and O–H groups in total. The van der Waals surface area contributed by atoms with Crippen LogP contribution in [0.3, 0.4) is 0 Å². The molecule has 0 unspecified atom stereocenters. The van der Waals surface area contributed by atoms with Crippen molar-refractivity contribution >= 4 is 22.8 Å². The van der Waals surface area contributed by atoms with Crippen LogP contribution in [0.15, 0.2) is 24.4 Å². The SMILES string of the molecule is O=C(N[C@H](CCO)C(=O)O)c1ccc2cn[nH]c2c1. The van der Waals surface area contributed by atoms with E-state index in [1.807, 2.05) is 0 Å². The third kappa shape index (κ3) is 2.89. The molecule has 0 fully saturated rings. The van der Waals surface area contributed by atoms with E-state index in [4.69, 9.17) is 10.2 Å². The number of fused-ring (bicyclic) bond motifs is 1. The second kappa shape index (κ2) is 5.49. The first-order chi connectivity index (χ1) is 9.11. The standard InChI is InChI=1S/C12H13N3O4/c16-4-3-9(12(18)19)14-11(17)7-1-2-8-6-13-15-10(8)5-7/h1-2,5-6,9,16H,3-4H2,(H,13,15)(H,14,17)(H,18,19)/t9-/m1/s1. The molecule has 7 nitrogen and oxygen atoms in total. The van der Waals surface area contributed by atoms with Crippen molar-refractivity contribution in [3.05, 3.63) is 30.0 Å². The number of aliphatic hydroxyl groups is 1. The molecular formula is C12H13N3O4. The summed E-state index contributed by atoms with van der Waals surface area (Å²) < 4.78 is 0. The maximum absolute atomic E-state index is 11.9. The zero-order valence-corrected chi connectivity index (χ0v) is 9.96. The van der Waals surface area contributed by atoms with Gasteiger partial charge < -0.3 is 15.5 Å². The molecule has 0 saturated heterocycles. The maximum Gasteiger partial charge on any atom is 0.326 e. The highest BCUT2D eigenvalue weighted by Gasteiger charge is 2.20. The van der Waals surface area contributed by atoms with E-state index >= 15 is 0 Å². The van der Waals surface area contributed by atoms with Gasteiger partial charge in [0.25, 0.3) is 5.91 Å². The molecule has 0 bridgehead atoms. The Morgan fingerprint density at radius 2 is 2.21 bits per heavy atom. The first-order valence-electron chi connectivity index (χ1n) is 5.69. The van der Waals surface area contributed by atoms with E-state index in [1.54, 1.807) is 24.4 Å². The number of benzene rings is 1. The van der Waals surface area contributed by atoms with Crippen molar-refractivity contribution in [2.45, 2.75) is 12.5 Å². The van der Waals surface area contributed by atoms with Gasteiger partial charge in [0.05, 0.1) is 11.7 Å². The molecule has 0 saturated carbocycles. The van der Waals surface area contributed by atoms with Crippen molar-refractivity contribution in [1.82, 2.24) is 15.5 Å². The van der Waals surface area contributed by atoms with Crippen LogP contribution in [0.4, 0.5) is 0 Å². The third-order valence-corrected chi connectivity index (χ3v) is 2.73. The summed E-state index contributed by atoms with van der Waals surface area (Å²) in [6.45, 7) is -0.309. The van der Waals surface area contributed by atoms with Gasteiger partial charge in [0.1, 0.15) is 6.04 Å². The van der Waals surface area contributed by atoms with E-state index in [-0.39, 0.29) is 13.0 Å². The van der Waals surface area contributed by atoms with Crippen LogP contribution in [0.25, 0.3) is 10.9 Å². The Labute approximate surface area is 108 Å². The summed E-state index contributed by atoms with van der Waals surface area (Å²) in [7, 11) is 0. The Bertz CT molecular complexity index is 608. The van der Waals surface area contributed by atoms with Gasteiger partial charge in [-0.15, -0.1) is 0 Å². The van der Waals surface area contributed by atoms with Gasteiger partial charge in [-0.25, -0.2) is 4.79 Å². The molecular weight excluding hydrogens is 250 g/mol. The summed E-state index contributed by atoms with van der Waals surface area (Å²) in [5.74, 6) is -1.68.